The van der Waals surface area contributed by atoms with Crippen molar-refractivity contribution in [2.24, 2.45) is 4.99 Å². The number of aryl methyl sites for hydroxylation is 2. The largest absolute Gasteiger partial charge is 0.352 e. The molecule has 3 heterocycles. The van der Waals surface area contributed by atoms with Crippen LogP contribution in [0.2, 0.25) is 0 Å². The minimum atomic E-state index is -0.185. The van der Waals surface area contributed by atoms with Crippen molar-refractivity contribution >= 4 is 33.5 Å². The van der Waals surface area contributed by atoms with Crippen LogP contribution in [0.5, 0.6) is 0 Å². The van der Waals surface area contributed by atoms with Gasteiger partial charge in [0.05, 0.1) is 16.4 Å². The van der Waals surface area contributed by atoms with Gasteiger partial charge in [0.25, 0.3) is 0 Å². The number of aromatic nitrogens is 1. The number of para-hydroxylation sites is 2. The Morgan fingerprint density at radius 2 is 2.00 bits per heavy atom. The molecule has 0 spiro atoms. The quantitative estimate of drug-likeness (QED) is 0.647. The lowest BCUT2D eigenvalue weighted by Crippen LogP contribution is -2.53. The Kier molecular flexibility index (Phi) is 5.23. The van der Waals surface area contributed by atoms with Crippen molar-refractivity contribution < 1.29 is 4.39 Å². The molecule has 0 unspecified atom stereocenters. The molecule has 5 nitrogen and oxygen atoms in total. The minimum absolute atomic E-state index is 0.185. The van der Waals surface area contributed by atoms with Crippen molar-refractivity contribution in [3.63, 3.8) is 0 Å². The first-order chi connectivity index (χ1) is 14.7. The third-order valence-electron chi connectivity index (χ3n) is 5.57. The lowest BCUT2D eigenvalue weighted by molar-refractivity contribution is 0.282. The van der Waals surface area contributed by atoms with E-state index in [1.54, 1.807) is 11.3 Å². The molecule has 1 atom stereocenters. The summed E-state index contributed by atoms with van der Waals surface area (Å²) < 4.78 is 13.2. The maximum Gasteiger partial charge on any atom is 0.158 e. The third kappa shape index (κ3) is 3.95. The molecule has 0 radical (unpaired) electrons. The molecule has 0 amide bonds. The highest BCUT2D eigenvalue weighted by Crippen LogP contribution is 2.37. The Morgan fingerprint density at radius 1 is 1.17 bits per heavy atom. The zero-order chi connectivity index (χ0) is 20.5. The third-order valence-corrected chi connectivity index (χ3v) is 6.46. The van der Waals surface area contributed by atoms with Crippen LogP contribution in [0.1, 0.15) is 22.7 Å². The van der Waals surface area contributed by atoms with Gasteiger partial charge in [0.2, 0.25) is 0 Å². The van der Waals surface area contributed by atoms with Gasteiger partial charge in [0.1, 0.15) is 16.5 Å². The SMILES string of the molecule is Cc1nc2c(s1)Nc1ccccc1N=C2N1CCN[C@@H](CCc2ccc(F)cc2)C1. The van der Waals surface area contributed by atoms with Crippen LogP contribution in [-0.4, -0.2) is 41.4 Å². The number of fused-ring (bicyclic) bond motifs is 2. The Morgan fingerprint density at radius 3 is 2.87 bits per heavy atom. The summed E-state index contributed by atoms with van der Waals surface area (Å²) in [5.41, 5.74) is 4.06. The maximum absolute atomic E-state index is 13.2. The van der Waals surface area contributed by atoms with Gasteiger partial charge in [-0.3, -0.25) is 0 Å². The summed E-state index contributed by atoms with van der Waals surface area (Å²) in [6.45, 7) is 4.70. The van der Waals surface area contributed by atoms with Gasteiger partial charge in [-0.1, -0.05) is 24.3 Å². The second kappa shape index (κ2) is 8.16. The average molecular weight is 422 g/mol. The van der Waals surface area contributed by atoms with E-state index in [0.29, 0.717) is 6.04 Å². The lowest BCUT2D eigenvalue weighted by Gasteiger charge is -2.35. The number of anilines is 2. The molecule has 0 bridgehead atoms. The van der Waals surface area contributed by atoms with E-state index in [0.717, 1.165) is 71.0 Å². The average Bonchev–Trinajstić information content (AvgIpc) is 3.05. The van der Waals surface area contributed by atoms with E-state index in [-0.39, 0.29) is 5.82 Å². The molecule has 2 aliphatic heterocycles. The van der Waals surface area contributed by atoms with E-state index in [1.165, 1.54) is 12.1 Å². The van der Waals surface area contributed by atoms with E-state index in [4.69, 9.17) is 9.98 Å². The first kappa shape index (κ1) is 19.2. The highest BCUT2D eigenvalue weighted by atomic mass is 32.1. The monoisotopic (exact) mass is 421 g/mol. The molecule has 1 aromatic heterocycles. The van der Waals surface area contributed by atoms with E-state index >= 15 is 0 Å². The van der Waals surface area contributed by atoms with Crippen LogP contribution < -0.4 is 10.6 Å². The topological polar surface area (TPSA) is 52.6 Å². The highest BCUT2D eigenvalue weighted by Gasteiger charge is 2.28. The zero-order valence-electron chi connectivity index (χ0n) is 16.9. The number of thiazole rings is 1. The predicted molar refractivity (Wildman–Crippen MR) is 121 cm³/mol. The van der Waals surface area contributed by atoms with E-state index in [2.05, 4.69) is 21.6 Å². The molecule has 0 aliphatic carbocycles. The van der Waals surface area contributed by atoms with Gasteiger partial charge in [-0.2, -0.15) is 0 Å². The van der Waals surface area contributed by atoms with Crippen LogP contribution in [0.4, 0.5) is 20.8 Å². The number of aliphatic imine (C=N–C) groups is 1. The number of nitrogens with zero attached hydrogens (tertiary/aromatic N) is 3. The molecule has 2 aliphatic rings. The number of benzene rings is 2. The summed E-state index contributed by atoms with van der Waals surface area (Å²) in [5.74, 6) is 0.760. The first-order valence-electron chi connectivity index (χ1n) is 10.3. The maximum atomic E-state index is 13.2. The van der Waals surface area contributed by atoms with Crippen LogP contribution in [0.15, 0.2) is 53.5 Å². The molecule has 154 valence electrons. The summed E-state index contributed by atoms with van der Waals surface area (Å²) in [7, 11) is 0. The highest BCUT2D eigenvalue weighted by molar-refractivity contribution is 7.16. The number of nitrogens with one attached hydrogen (secondary N) is 2. The van der Waals surface area contributed by atoms with Gasteiger partial charge in [-0.15, -0.1) is 11.3 Å². The summed E-state index contributed by atoms with van der Waals surface area (Å²) in [4.78, 5) is 12.2. The number of hydrogen-bond donors (Lipinski definition) is 2. The van der Waals surface area contributed by atoms with Gasteiger partial charge in [0.15, 0.2) is 5.84 Å². The molecule has 30 heavy (non-hydrogen) atoms. The summed E-state index contributed by atoms with van der Waals surface area (Å²) in [6.07, 6.45) is 1.91. The molecular formula is C23H24FN5S. The van der Waals surface area contributed by atoms with Crippen molar-refractivity contribution in [3.8, 4) is 0 Å². The second-order valence-electron chi connectivity index (χ2n) is 7.75. The first-order valence-corrected chi connectivity index (χ1v) is 11.1. The van der Waals surface area contributed by atoms with Crippen LogP contribution in [-0.2, 0) is 6.42 Å². The van der Waals surface area contributed by atoms with Gasteiger partial charge in [-0.25, -0.2) is 14.4 Å². The van der Waals surface area contributed by atoms with E-state index < -0.39 is 0 Å². The molecule has 1 fully saturated rings. The van der Waals surface area contributed by atoms with Crippen molar-refractivity contribution in [2.75, 3.05) is 25.0 Å². The van der Waals surface area contributed by atoms with Gasteiger partial charge in [-0.05, 0) is 49.6 Å². The molecule has 3 aromatic rings. The van der Waals surface area contributed by atoms with Crippen LogP contribution >= 0.6 is 11.3 Å². The fourth-order valence-corrected chi connectivity index (χ4v) is 4.88. The van der Waals surface area contributed by atoms with Gasteiger partial charge < -0.3 is 15.5 Å². The van der Waals surface area contributed by atoms with Crippen molar-refractivity contribution in [2.45, 2.75) is 25.8 Å². The number of halogens is 1. The van der Waals surface area contributed by atoms with Crippen molar-refractivity contribution in [3.05, 3.63) is 70.6 Å². The Labute approximate surface area is 179 Å². The molecule has 2 aromatic carbocycles. The van der Waals surface area contributed by atoms with Crippen molar-refractivity contribution in [1.82, 2.24) is 15.2 Å². The summed E-state index contributed by atoms with van der Waals surface area (Å²) >= 11 is 1.67. The van der Waals surface area contributed by atoms with Gasteiger partial charge >= 0.3 is 0 Å². The molecule has 0 saturated carbocycles. The van der Waals surface area contributed by atoms with Crippen LogP contribution in [0.3, 0.4) is 0 Å². The second-order valence-corrected chi connectivity index (χ2v) is 8.95. The molecule has 2 N–H and O–H groups in total. The van der Waals surface area contributed by atoms with Gasteiger partial charge in [0, 0.05) is 25.7 Å². The molecule has 7 heteroatoms. The molecule has 5 rings (SSSR count). The van der Waals surface area contributed by atoms with Crippen LogP contribution in [0.25, 0.3) is 0 Å². The fourth-order valence-electron chi connectivity index (χ4n) is 4.05. The van der Waals surface area contributed by atoms with E-state index in [9.17, 15) is 4.39 Å². The molecular weight excluding hydrogens is 397 g/mol. The smallest absolute Gasteiger partial charge is 0.158 e. The van der Waals surface area contributed by atoms with E-state index in [1.807, 2.05) is 37.3 Å². The van der Waals surface area contributed by atoms with Crippen LogP contribution in [0, 0.1) is 12.7 Å². The fraction of sp³-hybridized carbons (Fsp3) is 0.304. The van der Waals surface area contributed by atoms with Crippen molar-refractivity contribution in [1.29, 1.82) is 0 Å². The minimum Gasteiger partial charge on any atom is -0.352 e. The number of piperazine rings is 1. The lowest BCUT2D eigenvalue weighted by atomic mass is 10.0. The number of hydrogen-bond acceptors (Lipinski definition) is 6. The Hall–Kier alpha value is -2.77. The number of rotatable bonds is 3. The summed E-state index contributed by atoms with van der Waals surface area (Å²) in [5, 5.41) is 9.24. The zero-order valence-corrected chi connectivity index (χ0v) is 17.7. The predicted octanol–water partition coefficient (Wildman–Crippen LogP) is 4.63. The summed E-state index contributed by atoms with van der Waals surface area (Å²) in [6, 6.07) is 15.3. The molecule has 1 saturated heterocycles. The Balaban J connectivity index is 1.38. The Bertz CT molecular complexity index is 1080. The number of amidine groups is 1. The normalized spacial score (nSPS) is 18.1. The standard InChI is InChI=1S/C23H24FN5S/c1-15-26-21-22(27-19-4-2-3-5-20(19)28-23(21)30-15)29-13-12-25-18(14-29)11-8-16-6-9-17(24)10-7-16/h2-7,9-10,18,25,28H,8,11-14H2,1H3/t18-/m0/s1.